The zero-order chi connectivity index (χ0) is 19.8. The van der Waals surface area contributed by atoms with Crippen LogP contribution in [0.3, 0.4) is 0 Å². The van der Waals surface area contributed by atoms with Crippen LogP contribution < -0.4 is 10.9 Å². The van der Waals surface area contributed by atoms with Crippen LogP contribution in [0.4, 0.5) is 11.4 Å². The molecular weight excluding hydrogens is 380 g/mol. The molecule has 1 aliphatic carbocycles. The number of fused-ring (bicyclic) bond motifs is 3. The lowest BCUT2D eigenvalue weighted by molar-refractivity contribution is -0.384. The number of anilines is 1. The molecule has 9 heteroatoms. The van der Waals surface area contributed by atoms with Gasteiger partial charge in [-0.25, -0.2) is 4.98 Å². The Labute approximate surface area is 164 Å². The summed E-state index contributed by atoms with van der Waals surface area (Å²) in [6.07, 6.45) is 5.47. The second-order valence-electron chi connectivity index (χ2n) is 6.87. The highest BCUT2D eigenvalue weighted by Gasteiger charge is 2.20. The van der Waals surface area contributed by atoms with E-state index in [0.717, 1.165) is 36.1 Å². The minimum absolute atomic E-state index is 0.0383. The van der Waals surface area contributed by atoms with Crippen LogP contribution in [-0.4, -0.2) is 20.4 Å². The lowest BCUT2D eigenvalue weighted by atomic mass is 9.97. The van der Waals surface area contributed by atoms with Crippen molar-refractivity contribution in [3.63, 3.8) is 0 Å². The molecule has 4 rings (SSSR count). The average molecular weight is 398 g/mol. The van der Waals surface area contributed by atoms with E-state index in [-0.39, 0.29) is 23.7 Å². The Kier molecular flexibility index (Phi) is 4.68. The molecule has 0 radical (unpaired) electrons. The molecule has 0 atom stereocenters. The van der Waals surface area contributed by atoms with E-state index in [1.165, 1.54) is 34.0 Å². The monoisotopic (exact) mass is 398 g/mol. The molecule has 2 heterocycles. The van der Waals surface area contributed by atoms with Crippen molar-refractivity contribution in [1.29, 1.82) is 0 Å². The quantitative estimate of drug-likeness (QED) is 0.536. The fourth-order valence-electron chi connectivity index (χ4n) is 3.54. The molecule has 28 heavy (non-hydrogen) atoms. The zero-order valence-electron chi connectivity index (χ0n) is 15.2. The third-order valence-corrected chi connectivity index (χ3v) is 6.15. The van der Waals surface area contributed by atoms with Gasteiger partial charge in [-0.15, -0.1) is 11.3 Å². The summed E-state index contributed by atoms with van der Waals surface area (Å²) < 4.78 is 1.32. The smallest absolute Gasteiger partial charge is 0.269 e. The van der Waals surface area contributed by atoms with Crippen LogP contribution in [0.25, 0.3) is 10.2 Å². The van der Waals surface area contributed by atoms with E-state index >= 15 is 0 Å². The van der Waals surface area contributed by atoms with Crippen LogP contribution >= 0.6 is 11.3 Å². The molecule has 0 spiro atoms. The third kappa shape index (κ3) is 3.29. The van der Waals surface area contributed by atoms with Gasteiger partial charge >= 0.3 is 0 Å². The van der Waals surface area contributed by atoms with Crippen molar-refractivity contribution in [2.24, 2.45) is 0 Å². The van der Waals surface area contributed by atoms with Crippen LogP contribution in [0.15, 0.2) is 29.3 Å². The fourth-order valence-corrected chi connectivity index (χ4v) is 4.76. The summed E-state index contributed by atoms with van der Waals surface area (Å²) in [5.41, 5.74) is 1.91. The van der Waals surface area contributed by atoms with Crippen molar-refractivity contribution < 1.29 is 9.72 Å². The number of carbonyl (C=O) groups excluding carboxylic acids is 1. The van der Waals surface area contributed by atoms with Crippen LogP contribution in [0.2, 0.25) is 0 Å². The van der Waals surface area contributed by atoms with E-state index in [1.54, 1.807) is 18.3 Å². The standard InChI is InChI=1S/C19H18N4O4S/c1-11-8-12(23(26)27)6-7-14(11)21-16(24)9-22-10-20-18-17(19(22)25)13-4-2-3-5-15(13)28-18/h6-8,10H,2-5,9H2,1H3,(H,21,24). The highest BCUT2D eigenvalue weighted by atomic mass is 32.1. The number of amides is 1. The molecule has 1 aliphatic rings. The molecule has 8 nitrogen and oxygen atoms in total. The number of thiophene rings is 1. The second-order valence-corrected chi connectivity index (χ2v) is 7.96. The van der Waals surface area contributed by atoms with Gasteiger partial charge in [0.25, 0.3) is 11.2 Å². The summed E-state index contributed by atoms with van der Waals surface area (Å²) in [6, 6.07) is 4.22. The molecule has 0 saturated carbocycles. The molecule has 144 valence electrons. The van der Waals surface area contributed by atoms with Gasteiger partial charge in [0.1, 0.15) is 11.4 Å². The van der Waals surface area contributed by atoms with Gasteiger partial charge in [-0.05, 0) is 49.8 Å². The summed E-state index contributed by atoms with van der Waals surface area (Å²) in [4.78, 5) is 42.0. The Hall–Kier alpha value is -3.07. The highest BCUT2D eigenvalue weighted by Crippen LogP contribution is 2.33. The number of rotatable bonds is 4. The number of hydrogen-bond acceptors (Lipinski definition) is 6. The Morgan fingerprint density at radius 1 is 1.36 bits per heavy atom. The second kappa shape index (κ2) is 7.16. The van der Waals surface area contributed by atoms with Crippen molar-refractivity contribution in [3.8, 4) is 0 Å². The van der Waals surface area contributed by atoms with E-state index < -0.39 is 4.92 Å². The first-order chi connectivity index (χ1) is 13.4. The van der Waals surface area contributed by atoms with Crippen molar-refractivity contribution in [3.05, 3.63) is 61.0 Å². The van der Waals surface area contributed by atoms with Gasteiger partial charge in [0.2, 0.25) is 5.91 Å². The van der Waals surface area contributed by atoms with Gasteiger partial charge in [0.15, 0.2) is 0 Å². The van der Waals surface area contributed by atoms with Crippen molar-refractivity contribution >= 4 is 38.8 Å². The van der Waals surface area contributed by atoms with Crippen LogP contribution in [0.1, 0.15) is 28.8 Å². The van der Waals surface area contributed by atoms with Crippen LogP contribution in [-0.2, 0) is 24.2 Å². The van der Waals surface area contributed by atoms with E-state index in [4.69, 9.17) is 0 Å². The van der Waals surface area contributed by atoms with Crippen molar-refractivity contribution in [2.75, 3.05) is 5.32 Å². The van der Waals surface area contributed by atoms with Crippen molar-refractivity contribution in [2.45, 2.75) is 39.2 Å². The molecular formula is C19H18N4O4S. The molecule has 0 unspecified atom stereocenters. The number of nitrogens with zero attached hydrogens (tertiary/aromatic N) is 3. The number of aryl methyl sites for hydroxylation is 3. The summed E-state index contributed by atoms with van der Waals surface area (Å²) in [7, 11) is 0. The molecule has 2 aromatic heterocycles. The van der Waals surface area contributed by atoms with Gasteiger partial charge in [-0.2, -0.15) is 0 Å². The fraction of sp³-hybridized carbons (Fsp3) is 0.316. The Balaban J connectivity index is 1.58. The molecule has 0 saturated heterocycles. The number of nitrogens with one attached hydrogen (secondary N) is 1. The van der Waals surface area contributed by atoms with Gasteiger partial charge in [0.05, 0.1) is 16.6 Å². The van der Waals surface area contributed by atoms with Gasteiger partial charge in [0, 0.05) is 22.7 Å². The predicted octanol–water partition coefficient (Wildman–Crippen LogP) is 3.19. The maximum Gasteiger partial charge on any atom is 0.269 e. The molecule has 0 aliphatic heterocycles. The Morgan fingerprint density at radius 2 is 2.14 bits per heavy atom. The average Bonchev–Trinajstić information content (AvgIpc) is 3.05. The first-order valence-electron chi connectivity index (χ1n) is 8.98. The number of benzene rings is 1. The SMILES string of the molecule is Cc1cc([N+](=O)[O-])ccc1NC(=O)Cn1cnc2sc3c(c2c1=O)CCCC3. The molecule has 1 amide bonds. The molecule has 1 aromatic carbocycles. The number of non-ortho nitro benzene ring substituents is 1. The third-order valence-electron chi connectivity index (χ3n) is 4.95. The molecule has 3 aromatic rings. The van der Waals surface area contributed by atoms with E-state index in [9.17, 15) is 19.7 Å². The minimum Gasteiger partial charge on any atom is -0.324 e. The molecule has 0 bridgehead atoms. The van der Waals surface area contributed by atoms with Gasteiger partial charge in [-0.1, -0.05) is 0 Å². The van der Waals surface area contributed by atoms with E-state index in [1.807, 2.05) is 0 Å². The summed E-state index contributed by atoms with van der Waals surface area (Å²) in [5.74, 6) is -0.385. The minimum atomic E-state index is -0.486. The Bertz CT molecular complexity index is 1160. The van der Waals surface area contributed by atoms with Gasteiger partial charge < -0.3 is 5.32 Å². The molecule has 1 N–H and O–H groups in total. The number of nitro benzene ring substituents is 1. The maximum absolute atomic E-state index is 12.9. The van der Waals surface area contributed by atoms with Gasteiger partial charge in [-0.3, -0.25) is 24.3 Å². The van der Waals surface area contributed by atoms with Crippen molar-refractivity contribution in [1.82, 2.24) is 9.55 Å². The highest BCUT2D eigenvalue weighted by molar-refractivity contribution is 7.18. The number of hydrogen-bond donors (Lipinski definition) is 1. The lowest BCUT2D eigenvalue weighted by Crippen LogP contribution is -2.28. The summed E-state index contributed by atoms with van der Waals surface area (Å²) in [5, 5.41) is 14.2. The lowest BCUT2D eigenvalue weighted by Gasteiger charge is -2.11. The van der Waals surface area contributed by atoms with E-state index in [2.05, 4.69) is 10.3 Å². The first-order valence-corrected chi connectivity index (χ1v) is 9.80. The summed E-state index contributed by atoms with van der Waals surface area (Å²) in [6.45, 7) is 1.52. The first kappa shape index (κ1) is 18.3. The largest absolute Gasteiger partial charge is 0.324 e. The topological polar surface area (TPSA) is 107 Å². The zero-order valence-corrected chi connectivity index (χ0v) is 16.0. The maximum atomic E-state index is 12.9. The van der Waals surface area contributed by atoms with E-state index in [0.29, 0.717) is 16.6 Å². The summed E-state index contributed by atoms with van der Waals surface area (Å²) >= 11 is 1.57. The number of aromatic nitrogens is 2. The normalized spacial score (nSPS) is 13.3. The number of carbonyl (C=O) groups is 1. The van der Waals surface area contributed by atoms with Crippen LogP contribution in [0.5, 0.6) is 0 Å². The number of nitro groups is 1. The Morgan fingerprint density at radius 3 is 2.89 bits per heavy atom. The van der Waals surface area contributed by atoms with Crippen LogP contribution in [0, 0.1) is 17.0 Å². The molecule has 0 fully saturated rings. The predicted molar refractivity (Wildman–Crippen MR) is 107 cm³/mol.